The molecular formula is C14H20F2N2. The first-order valence-corrected chi connectivity index (χ1v) is 6.55. The largest absolute Gasteiger partial charge is 0.329 e. The van der Waals surface area contributed by atoms with E-state index >= 15 is 0 Å². The molecule has 0 amide bonds. The van der Waals surface area contributed by atoms with E-state index in [0.717, 1.165) is 19.2 Å². The fourth-order valence-electron chi connectivity index (χ4n) is 2.36. The van der Waals surface area contributed by atoms with Crippen LogP contribution in [-0.4, -0.2) is 24.5 Å². The minimum absolute atomic E-state index is 0.230. The summed E-state index contributed by atoms with van der Waals surface area (Å²) in [5.74, 6) is -0.855. The molecule has 1 fully saturated rings. The summed E-state index contributed by atoms with van der Waals surface area (Å²) in [4.78, 5) is 2.15. The normalized spacial score (nSPS) is 17.2. The van der Waals surface area contributed by atoms with Gasteiger partial charge in [0, 0.05) is 18.7 Å². The Hall–Kier alpha value is -1.00. The number of likely N-dealkylation sites (N-methyl/N-ethyl adjacent to an activating group) is 1. The first-order chi connectivity index (χ1) is 8.67. The number of nitrogens with two attached hydrogens (primary N) is 1. The molecule has 0 heterocycles. The van der Waals surface area contributed by atoms with Crippen LogP contribution in [0.15, 0.2) is 18.2 Å². The predicted octanol–water partition coefficient (Wildman–Crippen LogP) is 2.70. The molecule has 2 rings (SSSR count). The van der Waals surface area contributed by atoms with Crippen LogP contribution >= 0.6 is 0 Å². The SMILES string of the molecule is CCN(CC1CC1)C(CN)c1cccc(F)c1F. The van der Waals surface area contributed by atoms with Crippen LogP contribution < -0.4 is 5.73 Å². The fourth-order valence-corrected chi connectivity index (χ4v) is 2.36. The minimum atomic E-state index is -0.798. The molecule has 100 valence electrons. The second kappa shape index (κ2) is 5.76. The number of halogens is 2. The number of nitrogens with zero attached hydrogens (tertiary/aromatic N) is 1. The Morgan fingerprint density at radius 2 is 2.11 bits per heavy atom. The Bertz CT molecular complexity index is 405. The van der Waals surface area contributed by atoms with Gasteiger partial charge in [-0.25, -0.2) is 8.78 Å². The molecule has 2 nitrogen and oxygen atoms in total. The lowest BCUT2D eigenvalue weighted by atomic mass is 10.0. The highest BCUT2D eigenvalue weighted by Gasteiger charge is 2.29. The van der Waals surface area contributed by atoms with Crippen LogP contribution in [0.2, 0.25) is 0 Å². The van der Waals surface area contributed by atoms with Gasteiger partial charge >= 0.3 is 0 Å². The van der Waals surface area contributed by atoms with Crippen LogP contribution in [0.5, 0.6) is 0 Å². The smallest absolute Gasteiger partial charge is 0.163 e. The van der Waals surface area contributed by atoms with Gasteiger partial charge in [0.2, 0.25) is 0 Å². The standard InChI is InChI=1S/C14H20F2N2/c1-2-18(9-10-6-7-10)13(8-17)11-4-3-5-12(15)14(11)16/h3-5,10,13H,2,6-9,17H2,1H3. The van der Waals surface area contributed by atoms with Crippen molar-refractivity contribution in [2.24, 2.45) is 11.7 Å². The van der Waals surface area contributed by atoms with Crippen LogP contribution in [0.3, 0.4) is 0 Å². The van der Waals surface area contributed by atoms with Crippen molar-refractivity contribution >= 4 is 0 Å². The molecule has 18 heavy (non-hydrogen) atoms. The Morgan fingerprint density at radius 1 is 1.39 bits per heavy atom. The quantitative estimate of drug-likeness (QED) is 0.845. The van der Waals surface area contributed by atoms with Crippen LogP contribution in [0, 0.1) is 17.6 Å². The maximum Gasteiger partial charge on any atom is 0.163 e. The summed E-state index contributed by atoms with van der Waals surface area (Å²) in [6, 6.07) is 4.09. The van der Waals surface area contributed by atoms with E-state index in [1.165, 1.54) is 12.8 Å². The van der Waals surface area contributed by atoms with Crippen molar-refractivity contribution in [2.45, 2.75) is 25.8 Å². The van der Waals surface area contributed by atoms with Gasteiger partial charge < -0.3 is 5.73 Å². The van der Waals surface area contributed by atoms with Crippen molar-refractivity contribution in [2.75, 3.05) is 19.6 Å². The molecule has 1 unspecified atom stereocenters. The van der Waals surface area contributed by atoms with Gasteiger partial charge in [-0.1, -0.05) is 19.1 Å². The summed E-state index contributed by atoms with van der Waals surface area (Å²) in [7, 11) is 0. The highest BCUT2D eigenvalue weighted by molar-refractivity contribution is 5.23. The Labute approximate surface area is 107 Å². The van der Waals surface area contributed by atoms with Gasteiger partial charge in [-0.3, -0.25) is 4.90 Å². The molecule has 0 saturated heterocycles. The summed E-state index contributed by atoms with van der Waals surface area (Å²) < 4.78 is 27.1. The lowest BCUT2D eigenvalue weighted by Gasteiger charge is -2.30. The van der Waals surface area contributed by atoms with Crippen molar-refractivity contribution in [3.05, 3.63) is 35.4 Å². The van der Waals surface area contributed by atoms with E-state index in [-0.39, 0.29) is 6.04 Å². The lowest BCUT2D eigenvalue weighted by molar-refractivity contribution is 0.198. The average Bonchev–Trinajstić information content (AvgIpc) is 3.17. The van der Waals surface area contributed by atoms with Gasteiger partial charge in [-0.15, -0.1) is 0 Å². The molecule has 0 spiro atoms. The van der Waals surface area contributed by atoms with Gasteiger partial charge in [0.1, 0.15) is 0 Å². The number of rotatable bonds is 6. The highest BCUT2D eigenvalue weighted by Crippen LogP contribution is 2.33. The van der Waals surface area contributed by atoms with Gasteiger partial charge in [0.25, 0.3) is 0 Å². The van der Waals surface area contributed by atoms with E-state index in [2.05, 4.69) is 4.90 Å². The first kappa shape index (κ1) is 13.4. The summed E-state index contributed by atoms with van der Waals surface area (Å²) in [6.07, 6.45) is 2.47. The van der Waals surface area contributed by atoms with Gasteiger partial charge in [-0.2, -0.15) is 0 Å². The third kappa shape index (κ3) is 2.87. The highest BCUT2D eigenvalue weighted by atomic mass is 19.2. The Balaban J connectivity index is 2.21. The molecular weight excluding hydrogens is 234 g/mol. The Kier molecular flexibility index (Phi) is 4.30. The third-order valence-corrected chi connectivity index (χ3v) is 3.60. The zero-order valence-corrected chi connectivity index (χ0v) is 10.7. The molecule has 1 aromatic carbocycles. The van der Waals surface area contributed by atoms with Crippen LogP contribution in [0.25, 0.3) is 0 Å². The molecule has 0 aromatic heterocycles. The van der Waals surface area contributed by atoms with Gasteiger partial charge in [0.05, 0.1) is 6.04 Å². The van der Waals surface area contributed by atoms with E-state index in [0.29, 0.717) is 18.0 Å². The molecule has 1 saturated carbocycles. The first-order valence-electron chi connectivity index (χ1n) is 6.55. The van der Waals surface area contributed by atoms with E-state index in [9.17, 15) is 8.78 Å². The van der Waals surface area contributed by atoms with Crippen LogP contribution in [0.1, 0.15) is 31.4 Å². The lowest BCUT2D eigenvalue weighted by Crippen LogP contribution is -2.35. The zero-order valence-electron chi connectivity index (χ0n) is 10.7. The van der Waals surface area contributed by atoms with E-state index in [1.54, 1.807) is 12.1 Å². The van der Waals surface area contributed by atoms with Gasteiger partial charge in [-0.05, 0) is 31.4 Å². The molecule has 0 aliphatic heterocycles. The molecule has 0 radical (unpaired) electrons. The topological polar surface area (TPSA) is 29.3 Å². The van der Waals surface area contributed by atoms with Crippen molar-refractivity contribution < 1.29 is 8.78 Å². The number of hydrogen-bond acceptors (Lipinski definition) is 2. The van der Waals surface area contributed by atoms with Crippen molar-refractivity contribution in [1.29, 1.82) is 0 Å². The maximum atomic E-state index is 13.8. The van der Waals surface area contributed by atoms with Crippen LogP contribution in [-0.2, 0) is 0 Å². The van der Waals surface area contributed by atoms with Crippen molar-refractivity contribution in [1.82, 2.24) is 4.90 Å². The molecule has 1 atom stereocenters. The van der Waals surface area contributed by atoms with Gasteiger partial charge in [0.15, 0.2) is 11.6 Å². The van der Waals surface area contributed by atoms with E-state index < -0.39 is 11.6 Å². The fraction of sp³-hybridized carbons (Fsp3) is 0.571. The number of benzene rings is 1. The van der Waals surface area contributed by atoms with Crippen molar-refractivity contribution in [3.63, 3.8) is 0 Å². The molecule has 0 bridgehead atoms. The summed E-state index contributed by atoms with van der Waals surface area (Å²) in [6.45, 7) is 4.06. The monoisotopic (exact) mass is 254 g/mol. The van der Waals surface area contributed by atoms with Crippen LogP contribution in [0.4, 0.5) is 8.78 Å². The maximum absolute atomic E-state index is 13.8. The Morgan fingerprint density at radius 3 is 2.67 bits per heavy atom. The molecule has 1 aliphatic rings. The van der Waals surface area contributed by atoms with Crippen molar-refractivity contribution in [3.8, 4) is 0 Å². The second-order valence-electron chi connectivity index (χ2n) is 4.93. The molecule has 1 aromatic rings. The molecule has 2 N–H and O–H groups in total. The molecule has 4 heteroatoms. The number of hydrogen-bond donors (Lipinski definition) is 1. The molecule has 1 aliphatic carbocycles. The average molecular weight is 254 g/mol. The minimum Gasteiger partial charge on any atom is -0.329 e. The van der Waals surface area contributed by atoms with E-state index in [4.69, 9.17) is 5.73 Å². The summed E-state index contributed by atoms with van der Waals surface area (Å²) >= 11 is 0. The summed E-state index contributed by atoms with van der Waals surface area (Å²) in [5.41, 5.74) is 6.14. The second-order valence-corrected chi connectivity index (χ2v) is 4.93. The zero-order chi connectivity index (χ0) is 13.1. The predicted molar refractivity (Wildman–Crippen MR) is 68.1 cm³/mol. The van der Waals surface area contributed by atoms with E-state index in [1.807, 2.05) is 6.92 Å². The third-order valence-electron chi connectivity index (χ3n) is 3.60. The summed E-state index contributed by atoms with van der Waals surface area (Å²) in [5, 5.41) is 0.